The van der Waals surface area contributed by atoms with Crippen LogP contribution in [0.25, 0.3) is 0 Å². The fraction of sp³-hybridized carbons (Fsp3) is 0.750. The summed E-state index contributed by atoms with van der Waals surface area (Å²) < 4.78 is 7.06. The van der Waals surface area contributed by atoms with Crippen molar-refractivity contribution in [3.8, 4) is 0 Å². The molecule has 1 fully saturated rings. The Morgan fingerprint density at radius 2 is 2.53 bits per heavy atom. The van der Waals surface area contributed by atoms with Crippen LogP contribution in [0.3, 0.4) is 0 Å². The van der Waals surface area contributed by atoms with E-state index in [9.17, 15) is 5.11 Å². The first-order valence-corrected chi connectivity index (χ1v) is 6.28. The molecule has 0 amide bonds. The van der Waals surface area contributed by atoms with Crippen LogP contribution >= 0.6 is 0 Å². The summed E-state index contributed by atoms with van der Waals surface area (Å²) in [5.41, 5.74) is 0. The van der Waals surface area contributed by atoms with Crippen LogP contribution in [-0.2, 0) is 11.3 Å². The molecule has 0 radical (unpaired) electrons. The van der Waals surface area contributed by atoms with E-state index < -0.39 is 0 Å². The molecule has 2 rings (SSSR count). The van der Waals surface area contributed by atoms with Crippen LogP contribution < -0.4 is 5.32 Å². The predicted molar refractivity (Wildman–Crippen MR) is 64.6 cm³/mol. The van der Waals surface area contributed by atoms with E-state index in [2.05, 4.69) is 10.4 Å². The highest BCUT2D eigenvalue weighted by molar-refractivity contribution is 4.78. The van der Waals surface area contributed by atoms with Gasteiger partial charge in [-0.2, -0.15) is 5.10 Å². The second kappa shape index (κ2) is 6.74. The van der Waals surface area contributed by atoms with Crippen molar-refractivity contribution in [2.24, 2.45) is 5.92 Å². The first kappa shape index (κ1) is 12.5. The second-order valence-electron chi connectivity index (χ2n) is 4.60. The molecule has 5 heteroatoms. The maximum atomic E-state index is 9.76. The van der Waals surface area contributed by atoms with Crippen LogP contribution in [0.4, 0.5) is 0 Å². The highest BCUT2D eigenvalue weighted by Crippen LogP contribution is 2.14. The summed E-state index contributed by atoms with van der Waals surface area (Å²) >= 11 is 0. The average Bonchev–Trinajstić information content (AvgIpc) is 2.96. The quantitative estimate of drug-likeness (QED) is 0.670. The van der Waals surface area contributed by atoms with Gasteiger partial charge in [0, 0.05) is 32.2 Å². The molecule has 2 heterocycles. The molecule has 2 N–H and O–H groups in total. The van der Waals surface area contributed by atoms with Crippen LogP contribution in [0, 0.1) is 5.92 Å². The summed E-state index contributed by atoms with van der Waals surface area (Å²) in [7, 11) is 0. The van der Waals surface area contributed by atoms with Crippen molar-refractivity contribution in [1.82, 2.24) is 15.1 Å². The van der Waals surface area contributed by atoms with Gasteiger partial charge in [-0.1, -0.05) is 0 Å². The molecule has 0 bridgehead atoms. The third-order valence-electron chi connectivity index (χ3n) is 3.09. The van der Waals surface area contributed by atoms with Crippen molar-refractivity contribution in [2.45, 2.75) is 25.5 Å². The molecular weight excluding hydrogens is 218 g/mol. The van der Waals surface area contributed by atoms with E-state index in [-0.39, 0.29) is 6.10 Å². The molecular formula is C12H21N3O2. The molecule has 2 atom stereocenters. The van der Waals surface area contributed by atoms with Gasteiger partial charge in [0.1, 0.15) is 0 Å². The number of aliphatic hydroxyl groups excluding tert-OH is 1. The maximum Gasteiger partial charge on any atom is 0.0860 e. The fourth-order valence-electron chi connectivity index (χ4n) is 2.07. The minimum absolute atomic E-state index is 0.380. The van der Waals surface area contributed by atoms with E-state index in [4.69, 9.17) is 4.74 Å². The number of hydrogen-bond acceptors (Lipinski definition) is 4. The zero-order valence-corrected chi connectivity index (χ0v) is 10.1. The van der Waals surface area contributed by atoms with Gasteiger partial charge >= 0.3 is 0 Å². The molecule has 0 spiro atoms. The lowest BCUT2D eigenvalue weighted by Crippen LogP contribution is -2.31. The highest BCUT2D eigenvalue weighted by atomic mass is 16.5. The molecule has 1 aromatic rings. The molecule has 17 heavy (non-hydrogen) atoms. The van der Waals surface area contributed by atoms with Crippen molar-refractivity contribution in [3.05, 3.63) is 18.5 Å². The fourth-order valence-corrected chi connectivity index (χ4v) is 2.07. The maximum absolute atomic E-state index is 9.76. The van der Waals surface area contributed by atoms with Crippen molar-refractivity contribution in [1.29, 1.82) is 0 Å². The molecule has 0 saturated carbocycles. The molecule has 1 aliphatic heterocycles. The summed E-state index contributed by atoms with van der Waals surface area (Å²) in [5.74, 6) is 0.700. The Bertz CT molecular complexity index is 297. The summed E-state index contributed by atoms with van der Waals surface area (Å²) in [5, 5.41) is 17.1. The van der Waals surface area contributed by atoms with E-state index >= 15 is 0 Å². The average molecular weight is 239 g/mol. The smallest absolute Gasteiger partial charge is 0.0860 e. The van der Waals surface area contributed by atoms with Crippen LogP contribution in [0.2, 0.25) is 0 Å². The first-order valence-electron chi connectivity index (χ1n) is 6.28. The molecule has 1 aliphatic rings. The van der Waals surface area contributed by atoms with Gasteiger partial charge in [0.25, 0.3) is 0 Å². The Labute approximate surface area is 102 Å². The zero-order chi connectivity index (χ0) is 11.9. The highest BCUT2D eigenvalue weighted by Gasteiger charge is 2.14. The minimum Gasteiger partial charge on any atom is -0.390 e. The van der Waals surface area contributed by atoms with Gasteiger partial charge in [-0.3, -0.25) is 4.68 Å². The SMILES string of the molecule is OC(CNCCC1CCOC1)Cn1cccn1. The normalized spacial score (nSPS) is 21.8. The molecule has 0 aromatic carbocycles. The summed E-state index contributed by atoms with van der Waals surface area (Å²) in [6.07, 6.45) is 5.51. The van der Waals surface area contributed by atoms with Gasteiger partial charge in [-0.15, -0.1) is 0 Å². The predicted octanol–water partition coefficient (Wildman–Crippen LogP) is 0.260. The minimum atomic E-state index is -0.380. The van der Waals surface area contributed by atoms with Crippen molar-refractivity contribution in [2.75, 3.05) is 26.3 Å². The zero-order valence-electron chi connectivity index (χ0n) is 10.1. The van der Waals surface area contributed by atoms with Crippen molar-refractivity contribution < 1.29 is 9.84 Å². The Kier molecular flexibility index (Phi) is 4.97. The van der Waals surface area contributed by atoms with Gasteiger partial charge in [0.05, 0.1) is 12.6 Å². The van der Waals surface area contributed by atoms with Crippen LogP contribution in [0.5, 0.6) is 0 Å². The number of nitrogens with zero attached hydrogens (tertiary/aromatic N) is 2. The Balaban J connectivity index is 1.52. The molecule has 1 aromatic heterocycles. The van der Waals surface area contributed by atoms with Crippen LogP contribution in [-0.4, -0.2) is 47.3 Å². The van der Waals surface area contributed by atoms with Gasteiger partial charge in [0.2, 0.25) is 0 Å². The molecule has 5 nitrogen and oxygen atoms in total. The number of aliphatic hydroxyl groups is 1. The number of aromatic nitrogens is 2. The third-order valence-corrected chi connectivity index (χ3v) is 3.09. The number of rotatable bonds is 7. The lowest BCUT2D eigenvalue weighted by Gasteiger charge is -2.13. The van der Waals surface area contributed by atoms with E-state index in [0.29, 0.717) is 19.0 Å². The third kappa shape index (κ3) is 4.46. The van der Waals surface area contributed by atoms with E-state index in [0.717, 1.165) is 26.2 Å². The van der Waals surface area contributed by atoms with Gasteiger partial charge in [0.15, 0.2) is 0 Å². The monoisotopic (exact) mass is 239 g/mol. The van der Waals surface area contributed by atoms with Gasteiger partial charge in [-0.25, -0.2) is 0 Å². The van der Waals surface area contributed by atoms with Gasteiger partial charge < -0.3 is 15.2 Å². The Hall–Kier alpha value is -0.910. The lowest BCUT2D eigenvalue weighted by atomic mass is 10.1. The number of nitrogens with one attached hydrogen (secondary N) is 1. The van der Waals surface area contributed by atoms with E-state index in [1.54, 1.807) is 10.9 Å². The van der Waals surface area contributed by atoms with E-state index in [1.165, 1.54) is 6.42 Å². The van der Waals surface area contributed by atoms with Crippen molar-refractivity contribution in [3.63, 3.8) is 0 Å². The summed E-state index contributed by atoms with van der Waals surface area (Å²) in [6, 6.07) is 1.86. The Morgan fingerprint density at radius 1 is 1.59 bits per heavy atom. The van der Waals surface area contributed by atoms with Crippen molar-refractivity contribution >= 4 is 0 Å². The molecule has 2 unspecified atom stereocenters. The van der Waals surface area contributed by atoms with Crippen LogP contribution in [0.15, 0.2) is 18.5 Å². The standard InChI is InChI=1S/C12H21N3O2/c16-12(9-15-6-1-4-14-15)8-13-5-2-11-3-7-17-10-11/h1,4,6,11-13,16H,2-3,5,7-10H2. The largest absolute Gasteiger partial charge is 0.390 e. The van der Waals surface area contributed by atoms with Crippen LogP contribution in [0.1, 0.15) is 12.8 Å². The van der Waals surface area contributed by atoms with E-state index in [1.807, 2.05) is 12.3 Å². The molecule has 96 valence electrons. The van der Waals surface area contributed by atoms with Gasteiger partial charge in [-0.05, 0) is 31.4 Å². The number of ether oxygens (including phenoxy) is 1. The molecule has 1 saturated heterocycles. The Morgan fingerprint density at radius 3 is 3.24 bits per heavy atom. The molecule has 0 aliphatic carbocycles. The summed E-state index contributed by atoms with van der Waals surface area (Å²) in [6.45, 7) is 3.92. The number of hydrogen-bond donors (Lipinski definition) is 2. The topological polar surface area (TPSA) is 59.3 Å². The lowest BCUT2D eigenvalue weighted by molar-refractivity contribution is 0.146. The second-order valence-corrected chi connectivity index (χ2v) is 4.60. The summed E-state index contributed by atoms with van der Waals surface area (Å²) in [4.78, 5) is 0. The first-order chi connectivity index (χ1) is 8.34.